The average molecular weight is 385 g/mol. The fourth-order valence-corrected chi connectivity index (χ4v) is 3.90. The number of rotatable bonds is 4. The zero-order valence-corrected chi connectivity index (χ0v) is 16.4. The number of pyridine rings is 2. The normalized spacial score (nSPS) is 15.1. The van der Waals surface area contributed by atoms with Gasteiger partial charge in [0.15, 0.2) is 11.5 Å². The molecular formula is C22H23N7. The zero-order chi connectivity index (χ0) is 19.6. The first kappa shape index (κ1) is 17.8. The predicted octanol–water partition coefficient (Wildman–Crippen LogP) is 2.82. The van der Waals surface area contributed by atoms with Gasteiger partial charge in [-0.25, -0.2) is 9.97 Å². The van der Waals surface area contributed by atoms with Crippen molar-refractivity contribution in [3.8, 4) is 11.3 Å². The van der Waals surface area contributed by atoms with Crippen LogP contribution in [0.5, 0.6) is 0 Å². The van der Waals surface area contributed by atoms with E-state index in [9.17, 15) is 0 Å². The number of aryl methyl sites for hydroxylation is 1. The minimum Gasteiger partial charge on any atom is -0.351 e. The highest BCUT2D eigenvalue weighted by Crippen LogP contribution is 2.25. The van der Waals surface area contributed by atoms with E-state index in [2.05, 4.69) is 46.3 Å². The maximum absolute atomic E-state index is 4.68. The predicted molar refractivity (Wildman–Crippen MR) is 113 cm³/mol. The first-order chi connectivity index (χ1) is 14.3. The zero-order valence-electron chi connectivity index (χ0n) is 16.4. The first-order valence-corrected chi connectivity index (χ1v) is 9.90. The fourth-order valence-electron chi connectivity index (χ4n) is 3.90. The van der Waals surface area contributed by atoms with Crippen molar-refractivity contribution < 1.29 is 0 Å². The van der Waals surface area contributed by atoms with Crippen LogP contribution in [0.15, 0.2) is 61.3 Å². The molecule has 0 saturated carbocycles. The molecule has 0 radical (unpaired) electrons. The summed E-state index contributed by atoms with van der Waals surface area (Å²) in [5.41, 5.74) is 5.25. The number of imidazole rings is 1. The van der Waals surface area contributed by atoms with Crippen molar-refractivity contribution in [2.75, 3.05) is 31.1 Å². The van der Waals surface area contributed by atoms with E-state index in [0.717, 1.165) is 66.8 Å². The van der Waals surface area contributed by atoms with E-state index in [0.29, 0.717) is 0 Å². The lowest BCUT2D eigenvalue weighted by atomic mass is 10.2. The lowest BCUT2D eigenvalue weighted by Crippen LogP contribution is -2.46. The number of nitrogens with zero attached hydrogens (tertiary/aromatic N) is 7. The average Bonchev–Trinajstić information content (AvgIpc) is 3.19. The van der Waals surface area contributed by atoms with Crippen LogP contribution < -0.4 is 4.90 Å². The number of aromatic nitrogens is 5. The lowest BCUT2D eigenvalue weighted by Gasteiger charge is -2.35. The Morgan fingerprint density at radius 3 is 2.55 bits per heavy atom. The van der Waals surface area contributed by atoms with Crippen LogP contribution in [0.25, 0.3) is 16.9 Å². The summed E-state index contributed by atoms with van der Waals surface area (Å²) in [5, 5.41) is 0. The third-order valence-electron chi connectivity index (χ3n) is 5.39. The van der Waals surface area contributed by atoms with Gasteiger partial charge in [-0.05, 0) is 31.2 Å². The van der Waals surface area contributed by atoms with Crippen molar-refractivity contribution in [1.82, 2.24) is 29.2 Å². The summed E-state index contributed by atoms with van der Waals surface area (Å²) in [6, 6.07) is 10.2. The molecule has 146 valence electrons. The Morgan fingerprint density at radius 1 is 0.931 bits per heavy atom. The van der Waals surface area contributed by atoms with Crippen molar-refractivity contribution in [3.63, 3.8) is 0 Å². The minimum atomic E-state index is 0.892. The maximum atomic E-state index is 4.68. The van der Waals surface area contributed by atoms with Gasteiger partial charge in [0, 0.05) is 68.8 Å². The van der Waals surface area contributed by atoms with Gasteiger partial charge in [-0.3, -0.25) is 19.3 Å². The number of hydrogen-bond acceptors (Lipinski definition) is 6. The summed E-state index contributed by atoms with van der Waals surface area (Å²) in [4.78, 5) is 22.9. The summed E-state index contributed by atoms with van der Waals surface area (Å²) < 4.78 is 2.11. The van der Waals surface area contributed by atoms with Crippen LogP contribution in [0.2, 0.25) is 0 Å². The summed E-state index contributed by atoms with van der Waals surface area (Å²) in [6.45, 7) is 6.75. The Morgan fingerprint density at radius 2 is 1.76 bits per heavy atom. The van der Waals surface area contributed by atoms with Gasteiger partial charge in [0.05, 0.1) is 17.6 Å². The molecule has 0 bridgehead atoms. The van der Waals surface area contributed by atoms with Crippen LogP contribution in [0, 0.1) is 6.92 Å². The maximum Gasteiger partial charge on any atom is 0.180 e. The van der Waals surface area contributed by atoms with E-state index in [-0.39, 0.29) is 0 Å². The molecule has 0 N–H and O–H groups in total. The summed E-state index contributed by atoms with van der Waals surface area (Å²) in [5.74, 6) is 0.945. The van der Waals surface area contributed by atoms with E-state index in [1.165, 1.54) is 0 Å². The van der Waals surface area contributed by atoms with E-state index >= 15 is 0 Å². The van der Waals surface area contributed by atoms with Gasteiger partial charge in [0.25, 0.3) is 0 Å². The Bertz CT molecular complexity index is 1110. The molecule has 0 spiro atoms. The van der Waals surface area contributed by atoms with Crippen LogP contribution in [-0.4, -0.2) is 55.4 Å². The highest BCUT2D eigenvalue weighted by molar-refractivity contribution is 5.71. The van der Waals surface area contributed by atoms with E-state index in [1.807, 2.05) is 43.7 Å². The van der Waals surface area contributed by atoms with Crippen molar-refractivity contribution >= 4 is 11.5 Å². The standard InChI is InChI=1S/C22H23N7/c1-17-3-2-4-19(26-17)16-27-11-13-28(14-12-27)21-22-25-15-20(29(22)10-9-24-21)18-5-7-23-8-6-18/h2-10,15H,11-14,16H2,1H3. The molecule has 5 rings (SSSR count). The summed E-state index contributed by atoms with van der Waals surface area (Å²) in [6.07, 6.45) is 9.35. The van der Waals surface area contributed by atoms with Gasteiger partial charge in [-0.1, -0.05) is 6.07 Å². The monoisotopic (exact) mass is 385 g/mol. The van der Waals surface area contributed by atoms with Gasteiger partial charge in [0.1, 0.15) is 0 Å². The van der Waals surface area contributed by atoms with Crippen LogP contribution in [0.3, 0.4) is 0 Å². The molecule has 4 aromatic heterocycles. The van der Waals surface area contributed by atoms with Crippen LogP contribution in [-0.2, 0) is 6.54 Å². The van der Waals surface area contributed by atoms with Gasteiger partial charge in [-0.15, -0.1) is 0 Å². The molecule has 0 aliphatic carbocycles. The van der Waals surface area contributed by atoms with Gasteiger partial charge in [0.2, 0.25) is 0 Å². The quantitative estimate of drug-likeness (QED) is 0.538. The van der Waals surface area contributed by atoms with Crippen molar-refractivity contribution in [2.24, 2.45) is 0 Å². The molecule has 7 nitrogen and oxygen atoms in total. The Kier molecular flexibility index (Phi) is 4.65. The van der Waals surface area contributed by atoms with E-state index < -0.39 is 0 Å². The Labute approximate surface area is 169 Å². The molecule has 0 aromatic carbocycles. The van der Waals surface area contributed by atoms with Crippen molar-refractivity contribution in [2.45, 2.75) is 13.5 Å². The fraction of sp³-hybridized carbons (Fsp3) is 0.273. The van der Waals surface area contributed by atoms with E-state index in [4.69, 9.17) is 0 Å². The van der Waals surface area contributed by atoms with Crippen LogP contribution in [0.4, 0.5) is 5.82 Å². The van der Waals surface area contributed by atoms with Crippen molar-refractivity contribution in [1.29, 1.82) is 0 Å². The second-order valence-corrected chi connectivity index (χ2v) is 7.36. The van der Waals surface area contributed by atoms with Gasteiger partial charge in [-0.2, -0.15) is 0 Å². The SMILES string of the molecule is Cc1cccc(CN2CCN(c3nccn4c(-c5ccncc5)cnc34)CC2)n1. The molecule has 5 heterocycles. The van der Waals surface area contributed by atoms with Crippen molar-refractivity contribution in [3.05, 3.63) is 72.7 Å². The highest BCUT2D eigenvalue weighted by Gasteiger charge is 2.21. The molecule has 1 aliphatic rings. The molecule has 29 heavy (non-hydrogen) atoms. The second kappa shape index (κ2) is 7.60. The number of hydrogen-bond donors (Lipinski definition) is 0. The van der Waals surface area contributed by atoms with Crippen LogP contribution in [0.1, 0.15) is 11.4 Å². The lowest BCUT2D eigenvalue weighted by molar-refractivity contribution is 0.246. The highest BCUT2D eigenvalue weighted by atomic mass is 15.3. The number of piperazine rings is 1. The largest absolute Gasteiger partial charge is 0.351 e. The third kappa shape index (κ3) is 3.56. The molecule has 1 fully saturated rings. The van der Waals surface area contributed by atoms with Gasteiger partial charge >= 0.3 is 0 Å². The smallest absolute Gasteiger partial charge is 0.180 e. The molecule has 0 atom stereocenters. The minimum absolute atomic E-state index is 0.892. The summed E-state index contributed by atoms with van der Waals surface area (Å²) in [7, 11) is 0. The van der Waals surface area contributed by atoms with E-state index in [1.54, 1.807) is 12.4 Å². The molecule has 0 amide bonds. The summed E-state index contributed by atoms with van der Waals surface area (Å²) >= 11 is 0. The second-order valence-electron chi connectivity index (χ2n) is 7.36. The number of anilines is 1. The third-order valence-corrected chi connectivity index (χ3v) is 5.39. The Hall–Kier alpha value is -3.32. The molecule has 1 aliphatic heterocycles. The molecule has 0 unspecified atom stereocenters. The Balaban J connectivity index is 1.34. The molecular weight excluding hydrogens is 362 g/mol. The number of fused-ring (bicyclic) bond motifs is 1. The molecule has 1 saturated heterocycles. The molecule has 4 aromatic rings. The van der Waals surface area contributed by atoms with Crippen LogP contribution >= 0.6 is 0 Å². The molecule has 7 heteroatoms. The topological polar surface area (TPSA) is 62.5 Å². The van der Waals surface area contributed by atoms with Gasteiger partial charge < -0.3 is 4.90 Å². The first-order valence-electron chi connectivity index (χ1n) is 9.90.